The highest BCUT2D eigenvalue weighted by atomic mass is 19.4. The number of aromatic nitrogens is 4. The molecule has 0 atom stereocenters. The lowest BCUT2D eigenvalue weighted by atomic mass is 10.2. The van der Waals surface area contributed by atoms with Gasteiger partial charge in [-0.3, -0.25) is 4.57 Å². The molecule has 0 unspecified atom stereocenters. The van der Waals surface area contributed by atoms with E-state index in [1.165, 1.54) is 12.1 Å². The number of nitrogens with one attached hydrogen (secondary N) is 2. The van der Waals surface area contributed by atoms with Crippen molar-refractivity contribution in [2.75, 3.05) is 17.2 Å². The summed E-state index contributed by atoms with van der Waals surface area (Å²) in [6, 6.07) is 14.4. The Morgan fingerprint density at radius 1 is 0.967 bits per heavy atom. The van der Waals surface area contributed by atoms with Crippen molar-refractivity contribution in [1.29, 1.82) is 0 Å². The SMILES string of the molecule is CCCNc1nc(Nc2ccc(C(F)(F)F)cc2)nc2c1ncn2-c1ccccc1. The number of hydrogen-bond acceptors (Lipinski definition) is 5. The van der Waals surface area contributed by atoms with E-state index in [0.717, 1.165) is 24.2 Å². The minimum atomic E-state index is -4.38. The molecule has 0 aliphatic heterocycles. The average Bonchev–Trinajstić information content (AvgIpc) is 3.16. The van der Waals surface area contributed by atoms with Crippen molar-refractivity contribution in [3.63, 3.8) is 0 Å². The highest BCUT2D eigenvalue weighted by Crippen LogP contribution is 2.30. The molecule has 4 aromatic rings. The topological polar surface area (TPSA) is 67.7 Å². The second kappa shape index (κ2) is 8.02. The Hall–Kier alpha value is -3.62. The van der Waals surface area contributed by atoms with Gasteiger partial charge in [-0.05, 0) is 42.8 Å². The van der Waals surface area contributed by atoms with E-state index in [1.807, 2.05) is 41.8 Å². The van der Waals surface area contributed by atoms with Gasteiger partial charge < -0.3 is 10.6 Å². The second-order valence-corrected chi connectivity index (χ2v) is 6.65. The van der Waals surface area contributed by atoms with Gasteiger partial charge in [0.15, 0.2) is 17.0 Å². The molecule has 0 bridgehead atoms. The molecule has 30 heavy (non-hydrogen) atoms. The van der Waals surface area contributed by atoms with Crippen LogP contribution in [0.5, 0.6) is 0 Å². The minimum absolute atomic E-state index is 0.263. The molecule has 6 nitrogen and oxygen atoms in total. The van der Waals surface area contributed by atoms with Crippen molar-refractivity contribution >= 4 is 28.6 Å². The number of alkyl halides is 3. The van der Waals surface area contributed by atoms with Crippen molar-refractivity contribution in [3.05, 3.63) is 66.5 Å². The van der Waals surface area contributed by atoms with Gasteiger partial charge in [-0.2, -0.15) is 23.1 Å². The summed E-state index contributed by atoms with van der Waals surface area (Å²) in [5.74, 6) is 0.824. The number of nitrogens with zero attached hydrogens (tertiary/aromatic N) is 4. The number of para-hydroxylation sites is 1. The first-order valence-electron chi connectivity index (χ1n) is 9.44. The molecule has 0 fully saturated rings. The van der Waals surface area contributed by atoms with Gasteiger partial charge in [0.05, 0.1) is 5.56 Å². The summed E-state index contributed by atoms with van der Waals surface area (Å²) in [5.41, 5.74) is 1.83. The third kappa shape index (κ3) is 4.05. The number of rotatable bonds is 6. The summed E-state index contributed by atoms with van der Waals surface area (Å²) >= 11 is 0. The first kappa shape index (κ1) is 19.7. The van der Waals surface area contributed by atoms with Crippen LogP contribution in [0.2, 0.25) is 0 Å². The lowest BCUT2D eigenvalue weighted by Gasteiger charge is -2.11. The Morgan fingerprint density at radius 2 is 1.70 bits per heavy atom. The average molecular weight is 412 g/mol. The molecule has 0 saturated carbocycles. The first-order chi connectivity index (χ1) is 14.5. The number of imidazole rings is 1. The maximum Gasteiger partial charge on any atom is 0.416 e. The Kier molecular flexibility index (Phi) is 5.26. The summed E-state index contributed by atoms with van der Waals surface area (Å²) in [5, 5.41) is 6.23. The molecule has 0 saturated heterocycles. The highest BCUT2D eigenvalue weighted by Gasteiger charge is 2.30. The molecular formula is C21H19F3N6. The molecule has 0 amide bonds. The molecule has 2 aromatic heterocycles. The molecular weight excluding hydrogens is 393 g/mol. The van der Waals surface area contributed by atoms with Crippen LogP contribution in [0.4, 0.5) is 30.6 Å². The van der Waals surface area contributed by atoms with Crippen LogP contribution in [0.3, 0.4) is 0 Å². The molecule has 0 aliphatic carbocycles. The van der Waals surface area contributed by atoms with Crippen LogP contribution in [-0.2, 0) is 6.18 Å². The van der Waals surface area contributed by atoms with Crippen LogP contribution in [0.15, 0.2) is 60.9 Å². The fraction of sp³-hybridized carbons (Fsp3) is 0.190. The van der Waals surface area contributed by atoms with Crippen LogP contribution in [0.25, 0.3) is 16.9 Å². The fourth-order valence-corrected chi connectivity index (χ4v) is 2.97. The van der Waals surface area contributed by atoms with E-state index in [0.29, 0.717) is 29.2 Å². The molecule has 2 aromatic carbocycles. The van der Waals surface area contributed by atoms with E-state index >= 15 is 0 Å². The van der Waals surface area contributed by atoms with Gasteiger partial charge in [0.25, 0.3) is 0 Å². The molecule has 2 N–H and O–H groups in total. The van der Waals surface area contributed by atoms with Gasteiger partial charge in [0.1, 0.15) is 6.33 Å². The summed E-state index contributed by atoms with van der Waals surface area (Å²) in [6.07, 6.45) is -1.81. The molecule has 4 rings (SSSR count). The predicted molar refractivity (Wildman–Crippen MR) is 110 cm³/mol. The van der Waals surface area contributed by atoms with Crippen LogP contribution in [0, 0.1) is 0 Å². The zero-order chi connectivity index (χ0) is 21.1. The van der Waals surface area contributed by atoms with Crippen LogP contribution in [0.1, 0.15) is 18.9 Å². The molecule has 0 aliphatic rings. The molecule has 154 valence electrons. The van der Waals surface area contributed by atoms with Crippen molar-refractivity contribution in [3.8, 4) is 5.69 Å². The van der Waals surface area contributed by atoms with E-state index in [4.69, 9.17) is 0 Å². The zero-order valence-corrected chi connectivity index (χ0v) is 16.1. The summed E-state index contributed by atoms with van der Waals surface area (Å²) in [7, 11) is 0. The predicted octanol–water partition coefficient (Wildman–Crippen LogP) is 5.40. The van der Waals surface area contributed by atoms with Crippen molar-refractivity contribution < 1.29 is 13.2 Å². The number of fused-ring (bicyclic) bond motifs is 1. The first-order valence-corrected chi connectivity index (χ1v) is 9.44. The van der Waals surface area contributed by atoms with Crippen LogP contribution < -0.4 is 10.6 Å². The normalized spacial score (nSPS) is 11.6. The van der Waals surface area contributed by atoms with Crippen molar-refractivity contribution in [1.82, 2.24) is 19.5 Å². The Morgan fingerprint density at radius 3 is 2.37 bits per heavy atom. The third-order valence-electron chi connectivity index (χ3n) is 4.44. The number of hydrogen-bond donors (Lipinski definition) is 2. The summed E-state index contributed by atoms with van der Waals surface area (Å²) in [6.45, 7) is 2.74. The van der Waals surface area contributed by atoms with E-state index in [2.05, 4.69) is 25.6 Å². The van der Waals surface area contributed by atoms with Gasteiger partial charge in [0, 0.05) is 17.9 Å². The lowest BCUT2D eigenvalue weighted by molar-refractivity contribution is -0.137. The van der Waals surface area contributed by atoms with E-state index in [-0.39, 0.29) is 5.95 Å². The summed E-state index contributed by atoms with van der Waals surface area (Å²) < 4.78 is 40.2. The van der Waals surface area contributed by atoms with Crippen molar-refractivity contribution in [2.24, 2.45) is 0 Å². The van der Waals surface area contributed by atoms with Gasteiger partial charge >= 0.3 is 6.18 Å². The lowest BCUT2D eigenvalue weighted by Crippen LogP contribution is -2.07. The molecule has 0 spiro atoms. The van der Waals surface area contributed by atoms with Crippen molar-refractivity contribution in [2.45, 2.75) is 19.5 Å². The molecule has 2 heterocycles. The summed E-state index contributed by atoms with van der Waals surface area (Å²) in [4.78, 5) is 13.5. The number of anilines is 3. The Bertz CT molecular complexity index is 1140. The second-order valence-electron chi connectivity index (χ2n) is 6.65. The maximum absolute atomic E-state index is 12.8. The Labute approximate surface area is 170 Å². The zero-order valence-electron chi connectivity index (χ0n) is 16.1. The standard InChI is InChI=1S/C21H19F3N6/c1-2-12-25-18-17-19(30(13-26-17)16-6-4-3-5-7-16)29-20(28-18)27-15-10-8-14(9-11-15)21(22,23)24/h3-11,13H,2,12H2,1H3,(H2,25,27,28,29). The minimum Gasteiger partial charge on any atom is -0.368 e. The highest BCUT2D eigenvalue weighted by molar-refractivity contribution is 5.85. The van der Waals surface area contributed by atoms with E-state index in [1.54, 1.807) is 6.33 Å². The largest absolute Gasteiger partial charge is 0.416 e. The number of halogens is 3. The van der Waals surface area contributed by atoms with E-state index < -0.39 is 11.7 Å². The fourth-order valence-electron chi connectivity index (χ4n) is 2.97. The molecule has 0 radical (unpaired) electrons. The smallest absolute Gasteiger partial charge is 0.368 e. The van der Waals surface area contributed by atoms with Crippen LogP contribution in [-0.4, -0.2) is 26.1 Å². The van der Waals surface area contributed by atoms with Crippen LogP contribution >= 0.6 is 0 Å². The Balaban J connectivity index is 1.73. The number of benzene rings is 2. The third-order valence-corrected chi connectivity index (χ3v) is 4.44. The van der Waals surface area contributed by atoms with Gasteiger partial charge in [-0.1, -0.05) is 25.1 Å². The quantitative estimate of drug-likeness (QED) is 0.444. The molecule has 9 heteroatoms. The van der Waals surface area contributed by atoms with Gasteiger partial charge in [-0.25, -0.2) is 4.98 Å². The monoisotopic (exact) mass is 412 g/mol. The maximum atomic E-state index is 12.8. The van der Waals surface area contributed by atoms with Gasteiger partial charge in [0.2, 0.25) is 5.95 Å². The van der Waals surface area contributed by atoms with E-state index in [9.17, 15) is 13.2 Å². The van der Waals surface area contributed by atoms with Gasteiger partial charge in [-0.15, -0.1) is 0 Å².